The lowest BCUT2D eigenvalue weighted by Crippen LogP contribution is -2.06. The molecular formula is C25H28N4. The first-order valence-corrected chi connectivity index (χ1v) is 10.3. The Morgan fingerprint density at radius 1 is 1.00 bits per heavy atom. The Bertz CT molecular complexity index is 1200. The van der Waals surface area contributed by atoms with Crippen molar-refractivity contribution in [3.05, 3.63) is 70.5 Å². The van der Waals surface area contributed by atoms with Gasteiger partial charge in [-0.25, -0.2) is 0 Å². The largest absolute Gasteiger partial charge is 0.360 e. The van der Waals surface area contributed by atoms with E-state index < -0.39 is 0 Å². The molecule has 1 unspecified atom stereocenters. The first-order chi connectivity index (χ1) is 14.0. The molecule has 0 spiro atoms. The Morgan fingerprint density at radius 2 is 1.79 bits per heavy atom. The Morgan fingerprint density at radius 3 is 2.52 bits per heavy atom. The summed E-state index contributed by atoms with van der Waals surface area (Å²) in [4.78, 5) is 6.84. The van der Waals surface area contributed by atoms with Crippen molar-refractivity contribution < 1.29 is 0 Å². The van der Waals surface area contributed by atoms with Gasteiger partial charge in [0.15, 0.2) is 0 Å². The molecule has 0 aliphatic heterocycles. The zero-order valence-corrected chi connectivity index (χ0v) is 17.6. The van der Waals surface area contributed by atoms with Crippen LogP contribution in [0.4, 0.5) is 0 Å². The predicted octanol–water partition coefficient (Wildman–Crippen LogP) is 5.71. The number of nitriles is 1. The third-order valence-corrected chi connectivity index (χ3v) is 5.82. The molecule has 0 saturated heterocycles. The summed E-state index contributed by atoms with van der Waals surface area (Å²) in [5.41, 5.74) is 7.98. The lowest BCUT2D eigenvalue weighted by Gasteiger charge is -2.12. The minimum absolute atomic E-state index is 0.312. The van der Waals surface area contributed by atoms with Gasteiger partial charge in [0.25, 0.3) is 0 Å². The van der Waals surface area contributed by atoms with Crippen LogP contribution in [0.15, 0.2) is 42.6 Å². The van der Waals surface area contributed by atoms with E-state index in [-0.39, 0.29) is 0 Å². The van der Waals surface area contributed by atoms with Gasteiger partial charge in [0, 0.05) is 29.2 Å². The molecule has 2 heterocycles. The van der Waals surface area contributed by atoms with E-state index >= 15 is 0 Å². The number of fused-ring (bicyclic) bond motifs is 2. The van der Waals surface area contributed by atoms with Gasteiger partial charge in [-0.3, -0.25) is 0 Å². The highest BCUT2D eigenvalue weighted by molar-refractivity contribution is 5.86. The summed E-state index contributed by atoms with van der Waals surface area (Å²) in [6.07, 6.45) is 2.80. The number of nitrogens with one attached hydrogen (secondary N) is 3. The summed E-state index contributed by atoms with van der Waals surface area (Å²) in [6.45, 7) is 7.56. The van der Waals surface area contributed by atoms with Crippen LogP contribution in [0, 0.1) is 11.3 Å². The normalized spacial score (nSPS) is 12.7. The number of benzene rings is 2. The second kappa shape index (κ2) is 7.77. The smallest absolute Gasteiger partial charge is 0.101 e. The topological polar surface area (TPSA) is 67.4 Å². The van der Waals surface area contributed by atoms with Gasteiger partial charge in [-0.05, 0) is 72.3 Å². The van der Waals surface area contributed by atoms with Crippen molar-refractivity contribution in [2.24, 2.45) is 0 Å². The summed E-state index contributed by atoms with van der Waals surface area (Å²) in [7, 11) is 1.99. The summed E-state index contributed by atoms with van der Waals surface area (Å²) in [5.74, 6) is 0.816. The molecule has 0 saturated carbocycles. The number of hydrogen-bond donors (Lipinski definition) is 3. The van der Waals surface area contributed by atoms with Gasteiger partial charge in [0.1, 0.15) is 6.07 Å². The van der Waals surface area contributed by atoms with Crippen LogP contribution in [0.3, 0.4) is 0 Å². The van der Waals surface area contributed by atoms with Crippen LogP contribution >= 0.6 is 0 Å². The van der Waals surface area contributed by atoms with Gasteiger partial charge >= 0.3 is 0 Å². The molecule has 4 rings (SSSR count). The fourth-order valence-electron chi connectivity index (χ4n) is 4.19. The molecule has 0 fully saturated rings. The summed E-state index contributed by atoms with van der Waals surface area (Å²) < 4.78 is 0. The van der Waals surface area contributed by atoms with E-state index in [0.29, 0.717) is 17.4 Å². The molecule has 4 aromatic rings. The number of hydrogen-bond acceptors (Lipinski definition) is 2. The number of aromatic amines is 2. The molecule has 1 atom stereocenters. The third-order valence-electron chi connectivity index (χ3n) is 5.82. The number of rotatable bonds is 6. The minimum atomic E-state index is 0.312. The van der Waals surface area contributed by atoms with Crippen LogP contribution < -0.4 is 5.32 Å². The maximum Gasteiger partial charge on any atom is 0.101 e. The van der Waals surface area contributed by atoms with Gasteiger partial charge in [0.05, 0.1) is 16.6 Å². The average molecular weight is 385 g/mol. The number of nitrogens with zero attached hydrogens (tertiary/aromatic N) is 1. The van der Waals surface area contributed by atoms with Crippen molar-refractivity contribution in [2.75, 3.05) is 7.05 Å². The fraction of sp³-hybridized carbons (Fsp3) is 0.320. The van der Waals surface area contributed by atoms with E-state index in [1.807, 2.05) is 25.4 Å². The Balaban J connectivity index is 1.69. The molecule has 4 nitrogen and oxygen atoms in total. The Kier molecular flexibility index (Phi) is 5.17. The standard InChI is InChI=1S/C25H28N4/c1-15(2)18-9-20-12-23(29-25(20)22(10-18)14-27-4)7-16(3)19-8-17-5-6-28-24(17)21(11-19)13-26/h5-6,8-12,15-16,27-29H,7,14H2,1-4H3. The van der Waals surface area contributed by atoms with Crippen LogP contribution in [0.2, 0.25) is 0 Å². The molecule has 3 N–H and O–H groups in total. The molecule has 0 aliphatic rings. The molecule has 2 aromatic heterocycles. The molecule has 29 heavy (non-hydrogen) atoms. The van der Waals surface area contributed by atoms with E-state index in [1.54, 1.807) is 0 Å². The molecule has 148 valence electrons. The number of aromatic nitrogens is 2. The molecular weight excluding hydrogens is 356 g/mol. The van der Waals surface area contributed by atoms with Crippen LogP contribution in [0.5, 0.6) is 0 Å². The highest BCUT2D eigenvalue weighted by Gasteiger charge is 2.14. The van der Waals surface area contributed by atoms with Crippen LogP contribution in [-0.4, -0.2) is 17.0 Å². The zero-order chi connectivity index (χ0) is 20.5. The van der Waals surface area contributed by atoms with E-state index in [2.05, 4.69) is 66.4 Å². The van der Waals surface area contributed by atoms with Crippen LogP contribution in [-0.2, 0) is 13.0 Å². The predicted molar refractivity (Wildman–Crippen MR) is 120 cm³/mol. The Labute approximate surface area is 171 Å². The van der Waals surface area contributed by atoms with Crippen molar-refractivity contribution >= 4 is 21.8 Å². The van der Waals surface area contributed by atoms with Crippen molar-refractivity contribution in [3.8, 4) is 6.07 Å². The van der Waals surface area contributed by atoms with E-state index in [0.717, 1.165) is 23.9 Å². The molecule has 0 aliphatic carbocycles. The van der Waals surface area contributed by atoms with E-state index in [1.165, 1.54) is 33.3 Å². The highest BCUT2D eigenvalue weighted by atomic mass is 14.8. The second-order valence-electron chi connectivity index (χ2n) is 8.35. The van der Waals surface area contributed by atoms with Crippen molar-refractivity contribution in [1.82, 2.24) is 15.3 Å². The summed E-state index contributed by atoms with van der Waals surface area (Å²) >= 11 is 0. The SMILES string of the molecule is CNCc1cc(C(C)C)cc2cc(CC(C)c3cc(C#N)c4[nH]ccc4c3)[nH]c12. The quantitative estimate of drug-likeness (QED) is 0.398. The molecule has 0 amide bonds. The molecule has 2 aromatic carbocycles. The van der Waals surface area contributed by atoms with E-state index in [4.69, 9.17) is 0 Å². The highest BCUT2D eigenvalue weighted by Crippen LogP contribution is 2.30. The molecule has 4 heteroatoms. The molecule has 0 radical (unpaired) electrons. The van der Waals surface area contributed by atoms with Crippen molar-refractivity contribution in [2.45, 2.75) is 45.6 Å². The second-order valence-corrected chi connectivity index (χ2v) is 8.35. The lowest BCUT2D eigenvalue weighted by atomic mass is 9.93. The van der Waals surface area contributed by atoms with Gasteiger partial charge in [-0.1, -0.05) is 26.8 Å². The third kappa shape index (κ3) is 3.66. The first-order valence-electron chi connectivity index (χ1n) is 10.3. The maximum atomic E-state index is 9.51. The zero-order valence-electron chi connectivity index (χ0n) is 17.6. The van der Waals surface area contributed by atoms with Gasteiger partial charge in [0.2, 0.25) is 0 Å². The first kappa shape index (κ1) is 19.3. The fourth-order valence-corrected chi connectivity index (χ4v) is 4.19. The van der Waals surface area contributed by atoms with E-state index in [9.17, 15) is 5.26 Å². The van der Waals surface area contributed by atoms with Gasteiger partial charge in [-0.15, -0.1) is 0 Å². The van der Waals surface area contributed by atoms with Gasteiger partial charge in [-0.2, -0.15) is 5.26 Å². The molecule has 0 bridgehead atoms. The monoisotopic (exact) mass is 384 g/mol. The average Bonchev–Trinajstić information content (AvgIpc) is 3.33. The minimum Gasteiger partial charge on any atom is -0.360 e. The lowest BCUT2D eigenvalue weighted by molar-refractivity contribution is 0.746. The van der Waals surface area contributed by atoms with Crippen LogP contribution in [0.25, 0.3) is 21.8 Å². The van der Waals surface area contributed by atoms with Gasteiger partial charge < -0.3 is 15.3 Å². The summed E-state index contributed by atoms with van der Waals surface area (Å²) in [5, 5.41) is 15.2. The van der Waals surface area contributed by atoms with Crippen molar-refractivity contribution in [1.29, 1.82) is 5.26 Å². The summed E-state index contributed by atoms with van der Waals surface area (Å²) in [6, 6.07) is 15.5. The maximum absolute atomic E-state index is 9.51. The number of H-pyrrole nitrogens is 2. The van der Waals surface area contributed by atoms with Crippen LogP contribution in [0.1, 0.15) is 60.6 Å². The van der Waals surface area contributed by atoms with Crippen molar-refractivity contribution in [3.63, 3.8) is 0 Å². The Hall–Kier alpha value is -3.03.